The molecule has 1 aliphatic rings. The Morgan fingerprint density at radius 2 is 2.16 bits per heavy atom. The number of benzene rings is 1. The second kappa shape index (κ2) is 7.49. The number of hydrogen-bond acceptors (Lipinski definition) is 9. The van der Waals surface area contributed by atoms with Crippen molar-refractivity contribution < 1.29 is 29.5 Å². The lowest BCUT2D eigenvalue weighted by Gasteiger charge is -2.17. The standard InChI is InChI=1S/C14H12N2O7S2/c1-2-23-9-5-8(16(21)22)3-7(12(9)19)4-10-13(20)15(6-11(17)18)14(24)25-10/h3-5,19H,2,6H2,1H3,(H,17,18)/p-2/b10-4+. The van der Waals surface area contributed by atoms with Gasteiger partial charge in [-0.05, 0) is 18.6 Å². The Bertz CT molecular complexity index is 807. The van der Waals surface area contributed by atoms with Crippen LogP contribution in [-0.2, 0) is 9.59 Å². The summed E-state index contributed by atoms with van der Waals surface area (Å²) >= 11 is 5.71. The molecule has 1 aromatic rings. The van der Waals surface area contributed by atoms with Crippen molar-refractivity contribution >= 4 is 51.9 Å². The zero-order chi connectivity index (χ0) is 18.7. The van der Waals surface area contributed by atoms with E-state index in [9.17, 15) is 29.9 Å². The number of non-ortho nitro benzene ring substituents is 1. The highest BCUT2D eigenvalue weighted by Gasteiger charge is 2.32. The normalized spacial score (nSPS) is 15.7. The van der Waals surface area contributed by atoms with Crippen molar-refractivity contribution in [1.29, 1.82) is 0 Å². The van der Waals surface area contributed by atoms with Crippen molar-refractivity contribution in [1.82, 2.24) is 4.90 Å². The second-order valence-corrected chi connectivity index (χ2v) is 6.37. The van der Waals surface area contributed by atoms with Crippen LogP contribution in [0, 0.1) is 10.1 Å². The fraction of sp³-hybridized carbons (Fsp3) is 0.214. The van der Waals surface area contributed by atoms with Crippen molar-refractivity contribution in [2.45, 2.75) is 6.92 Å². The van der Waals surface area contributed by atoms with E-state index in [4.69, 9.17) is 17.0 Å². The van der Waals surface area contributed by atoms with Gasteiger partial charge in [0, 0.05) is 6.07 Å². The number of thiocarbonyl (C=S) groups is 1. The van der Waals surface area contributed by atoms with Gasteiger partial charge in [-0.3, -0.25) is 19.8 Å². The van der Waals surface area contributed by atoms with Gasteiger partial charge in [-0.2, -0.15) is 0 Å². The summed E-state index contributed by atoms with van der Waals surface area (Å²) in [4.78, 5) is 34.0. The number of ether oxygens (including phenoxy) is 1. The Morgan fingerprint density at radius 1 is 1.48 bits per heavy atom. The van der Waals surface area contributed by atoms with Crippen molar-refractivity contribution in [3.05, 3.63) is 32.7 Å². The lowest BCUT2D eigenvalue weighted by atomic mass is 10.1. The zero-order valence-corrected chi connectivity index (χ0v) is 14.3. The highest BCUT2D eigenvalue weighted by molar-refractivity contribution is 8.26. The van der Waals surface area contributed by atoms with E-state index in [0.29, 0.717) is 0 Å². The minimum Gasteiger partial charge on any atom is -0.870 e. The highest BCUT2D eigenvalue weighted by atomic mass is 32.2. The molecule has 0 radical (unpaired) electrons. The van der Waals surface area contributed by atoms with Crippen LogP contribution >= 0.6 is 24.0 Å². The van der Waals surface area contributed by atoms with E-state index in [1.807, 2.05) is 0 Å². The molecule has 0 aliphatic carbocycles. The number of carboxylic acid groups (broad SMARTS) is 1. The summed E-state index contributed by atoms with van der Waals surface area (Å²) in [5, 5.41) is 34.0. The van der Waals surface area contributed by atoms with E-state index >= 15 is 0 Å². The van der Waals surface area contributed by atoms with Gasteiger partial charge in [-0.1, -0.05) is 29.7 Å². The Balaban J connectivity index is 2.46. The van der Waals surface area contributed by atoms with E-state index in [1.165, 1.54) is 0 Å². The molecule has 9 nitrogen and oxygen atoms in total. The molecule has 1 fully saturated rings. The van der Waals surface area contributed by atoms with Gasteiger partial charge in [-0.15, -0.1) is 0 Å². The third kappa shape index (κ3) is 4.06. The van der Waals surface area contributed by atoms with Gasteiger partial charge in [0.15, 0.2) is 0 Å². The van der Waals surface area contributed by atoms with Crippen LogP contribution in [0.1, 0.15) is 12.5 Å². The molecule has 0 saturated carbocycles. The molecule has 0 aromatic heterocycles. The minimum atomic E-state index is -1.49. The van der Waals surface area contributed by atoms with Gasteiger partial charge >= 0.3 is 0 Å². The average Bonchev–Trinajstić information content (AvgIpc) is 2.78. The number of carbonyl (C=O) groups excluding carboxylic acids is 2. The first-order valence-electron chi connectivity index (χ1n) is 6.82. The van der Waals surface area contributed by atoms with E-state index in [0.717, 1.165) is 34.9 Å². The quantitative estimate of drug-likeness (QED) is 0.288. The van der Waals surface area contributed by atoms with Crippen LogP contribution in [0.2, 0.25) is 0 Å². The molecule has 0 atom stereocenters. The van der Waals surface area contributed by atoms with Crippen molar-refractivity contribution in [3.8, 4) is 11.5 Å². The molecule has 2 rings (SSSR count). The highest BCUT2D eigenvalue weighted by Crippen LogP contribution is 2.38. The van der Waals surface area contributed by atoms with Crippen LogP contribution in [0.5, 0.6) is 11.5 Å². The number of hydrogen-bond donors (Lipinski definition) is 0. The number of nitro groups is 1. The maximum Gasteiger partial charge on any atom is 0.273 e. The van der Waals surface area contributed by atoms with Gasteiger partial charge in [0.1, 0.15) is 10.1 Å². The number of rotatable bonds is 6. The smallest absolute Gasteiger partial charge is 0.273 e. The first-order valence-corrected chi connectivity index (χ1v) is 8.04. The molecule has 132 valence electrons. The Kier molecular flexibility index (Phi) is 5.59. The van der Waals surface area contributed by atoms with Gasteiger partial charge in [0.05, 0.1) is 35.0 Å². The van der Waals surface area contributed by atoms with Crippen LogP contribution in [-0.4, -0.2) is 39.2 Å². The number of carboxylic acids is 1. The number of carbonyl (C=O) groups is 2. The Labute approximate surface area is 151 Å². The van der Waals surface area contributed by atoms with Crippen molar-refractivity contribution in [3.63, 3.8) is 0 Å². The maximum absolute atomic E-state index is 12.3. The molecule has 0 N–H and O–H groups in total. The van der Waals surface area contributed by atoms with E-state index in [1.54, 1.807) is 6.92 Å². The molecule has 25 heavy (non-hydrogen) atoms. The van der Waals surface area contributed by atoms with Gasteiger partial charge < -0.3 is 19.7 Å². The summed E-state index contributed by atoms with van der Waals surface area (Å²) in [7, 11) is 0. The Morgan fingerprint density at radius 3 is 2.72 bits per heavy atom. The number of nitrogens with zero attached hydrogens (tertiary/aromatic N) is 2. The fourth-order valence-corrected chi connectivity index (χ4v) is 3.24. The number of amides is 1. The topological polar surface area (TPSA) is 136 Å². The minimum absolute atomic E-state index is 0.0108. The van der Waals surface area contributed by atoms with Crippen LogP contribution in [0.25, 0.3) is 6.08 Å². The molecule has 1 aromatic carbocycles. The van der Waals surface area contributed by atoms with Crippen LogP contribution in [0.15, 0.2) is 17.0 Å². The number of nitro benzene ring substituents is 1. The lowest BCUT2D eigenvalue weighted by Crippen LogP contribution is -2.40. The largest absolute Gasteiger partial charge is 0.870 e. The molecule has 1 amide bonds. The fourth-order valence-electron chi connectivity index (χ4n) is 1.99. The third-order valence-electron chi connectivity index (χ3n) is 3.03. The molecule has 0 bridgehead atoms. The lowest BCUT2D eigenvalue weighted by molar-refractivity contribution is -0.385. The SMILES string of the molecule is CCOc1cc([N+](=O)[O-])cc(/C=C2/SC(=S)N(CC(=O)[O-])C2=O)c1[O-]. The van der Waals surface area contributed by atoms with Crippen LogP contribution in [0.4, 0.5) is 5.69 Å². The molecular formula is C14H10N2O7S2-2. The predicted molar refractivity (Wildman–Crippen MR) is 88.6 cm³/mol. The summed E-state index contributed by atoms with van der Waals surface area (Å²) in [6.45, 7) is 1.03. The summed E-state index contributed by atoms with van der Waals surface area (Å²) in [6.07, 6.45) is 1.13. The third-order valence-corrected chi connectivity index (χ3v) is 4.40. The van der Waals surface area contributed by atoms with Gasteiger partial charge in [0.25, 0.3) is 11.6 Å². The van der Waals surface area contributed by atoms with Crippen LogP contribution in [0.3, 0.4) is 0 Å². The van der Waals surface area contributed by atoms with Gasteiger partial charge in [-0.25, -0.2) is 0 Å². The van der Waals surface area contributed by atoms with Crippen molar-refractivity contribution in [2.24, 2.45) is 0 Å². The monoisotopic (exact) mass is 382 g/mol. The first kappa shape index (κ1) is 18.7. The zero-order valence-electron chi connectivity index (χ0n) is 12.7. The summed E-state index contributed by atoms with van der Waals surface area (Å²) in [5.41, 5.74) is -0.508. The summed E-state index contributed by atoms with van der Waals surface area (Å²) in [5.74, 6) is -3.05. The average molecular weight is 382 g/mol. The summed E-state index contributed by atoms with van der Waals surface area (Å²) < 4.78 is 5.08. The molecular weight excluding hydrogens is 372 g/mol. The van der Waals surface area contributed by atoms with Gasteiger partial charge in [0.2, 0.25) is 0 Å². The number of aliphatic carboxylic acids is 1. The molecule has 1 heterocycles. The maximum atomic E-state index is 12.3. The molecule has 1 aliphatic heterocycles. The molecule has 0 unspecified atom stereocenters. The predicted octanol–water partition coefficient (Wildman–Crippen LogP) is 0.0182. The summed E-state index contributed by atoms with van der Waals surface area (Å²) in [6, 6.07) is 2.01. The molecule has 11 heteroatoms. The second-order valence-electron chi connectivity index (χ2n) is 4.69. The van der Waals surface area contributed by atoms with E-state index in [2.05, 4.69) is 0 Å². The van der Waals surface area contributed by atoms with E-state index in [-0.39, 0.29) is 32.8 Å². The molecule has 1 saturated heterocycles. The van der Waals surface area contributed by atoms with Crippen molar-refractivity contribution in [2.75, 3.05) is 13.2 Å². The molecule has 0 spiro atoms. The van der Waals surface area contributed by atoms with E-state index < -0.39 is 29.1 Å². The number of thioether (sulfide) groups is 1. The Hall–Kier alpha value is -2.66. The van der Waals surface area contributed by atoms with Crippen LogP contribution < -0.4 is 14.9 Å². The first-order chi connectivity index (χ1) is 11.7.